The van der Waals surface area contributed by atoms with Gasteiger partial charge in [0.1, 0.15) is 24.7 Å². The van der Waals surface area contributed by atoms with Gasteiger partial charge in [0.15, 0.2) is 17.3 Å². The molecule has 0 aliphatic carbocycles. The van der Waals surface area contributed by atoms with Gasteiger partial charge in [-0.1, -0.05) is 12.5 Å². The highest BCUT2D eigenvalue weighted by Crippen LogP contribution is 2.36. The molecule has 210 valence electrons. The van der Waals surface area contributed by atoms with Crippen molar-refractivity contribution in [1.29, 1.82) is 0 Å². The van der Waals surface area contributed by atoms with Crippen molar-refractivity contribution in [3.05, 3.63) is 53.6 Å². The summed E-state index contributed by atoms with van der Waals surface area (Å²) in [6, 6.07) is 13.2. The van der Waals surface area contributed by atoms with E-state index in [1.165, 1.54) is 0 Å². The number of rotatable bonds is 14. The van der Waals surface area contributed by atoms with E-state index in [1.807, 2.05) is 18.2 Å². The fourth-order valence-electron chi connectivity index (χ4n) is 5.46. The summed E-state index contributed by atoms with van der Waals surface area (Å²) < 4.78 is 16.5. The van der Waals surface area contributed by atoms with Crippen LogP contribution in [0.5, 0.6) is 17.2 Å². The fourth-order valence-corrected chi connectivity index (χ4v) is 5.46. The zero-order valence-electron chi connectivity index (χ0n) is 22.7. The van der Waals surface area contributed by atoms with E-state index in [-0.39, 0.29) is 20.3 Å². The minimum absolute atomic E-state index is 0. The highest BCUT2D eigenvalue weighted by Gasteiger charge is 2.30. The Bertz CT molecular complexity index is 1080. The van der Waals surface area contributed by atoms with E-state index in [4.69, 9.17) is 14.2 Å². The third kappa shape index (κ3) is 7.58. The van der Waals surface area contributed by atoms with Crippen LogP contribution in [-0.2, 0) is 4.79 Å². The van der Waals surface area contributed by atoms with E-state index >= 15 is 0 Å². The molecular weight excluding hydrogens is 482 g/mol. The van der Waals surface area contributed by atoms with Crippen molar-refractivity contribution in [2.24, 2.45) is 5.92 Å². The number of benzene rings is 2. The fraction of sp³-hybridized carbons (Fsp3) is 0.548. The van der Waals surface area contributed by atoms with E-state index in [1.54, 1.807) is 31.4 Å². The largest absolute Gasteiger partial charge is 0.497 e. The Morgan fingerprint density at radius 3 is 2.50 bits per heavy atom. The number of carbonyl (C=O) groups excluding carboxylic acids is 2. The van der Waals surface area contributed by atoms with Crippen LogP contribution in [-0.4, -0.2) is 61.0 Å². The number of ketones is 2. The Balaban J connectivity index is 0.00000280. The molecule has 0 bridgehead atoms. The number of nitrogens with zero attached hydrogens (tertiary/aromatic N) is 1. The summed E-state index contributed by atoms with van der Waals surface area (Å²) in [7, 11) is 1.60. The molecule has 2 aliphatic heterocycles. The van der Waals surface area contributed by atoms with Crippen LogP contribution in [0.2, 0.25) is 0 Å². The first-order valence-electron chi connectivity index (χ1n) is 13.9. The van der Waals surface area contributed by atoms with Crippen molar-refractivity contribution in [2.75, 3.05) is 33.4 Å². The molecule has 0 spiro atoms. The van der Waals surface area contributed by atoms with Crippen molar-refractivity contribution < 1.29 is 31.8 Å². The zero-order chi connectivity index (χ0) is 26.9. The zero-order valence-corrected chi connectivity index (χ0v) is 22.7. The predicted molar refractivity (Wildman–Crippen MR) is 150 cm³/mol. The molecule has 1 fully saturated rings. The van der Waals surface area contributed by atoms with Gasteiger partial charge in [-0.15, -0.1) is 0 Å². The molecular formula is C31H45NO6. The lowest BCUT2D eigenvalue weighted by molar-refractivity contribution is -0.121. The standard InChI is InChI=1S/C31H41NO6.2H2/c1-22-7-6-16-32(22)21-25(31(35)24-12-15-29-30(20-24)38-18-17-37-29)19-26(33)8-4-3-5-9-28(34)23-10-13-27(36-2)14-11-23;;/h10-15,20,22,25,31,35H,3-9,16-19,21H2,1-2H3;2*1H/t22-,25-,31+;;/m1../s1. The van der Waals surface area contributed by atoms with E-state index in [0.29, 0.717) is 62.1 Å². The molecule has 3 atom stereocenters. The molecule has 4 rings (SSSR count). The molecule has 0 unspecified atom stereocenters. The molecule has 38 heavy (non-hydrogen) atoms. The average molecular weight is 528 g/mol. The Labute approximate surface area is 229 Å². The number of aliphatic hydroxyl groups is 1. The lowest BCUT2D eigenvalue weighted by Crippen LogP contribution is -2.35. The molecule has 0 amide bonds. The summed E-state index contributed by atoms with van der Waals surface area (Å²) in [6.45, 7) is 4.93. The lowest BCUT2D eigenvalue weighted by Gasteiger charge is -2.30. The first-order valence-corrected chi connectivity index (χ1v) is 13.9. The van der Waals surface area contributed by atoms with Gasteiger partial charge in [0.25, 0.3) is 0 Å². The topological polar surface area (TPSA) is 85.3 Å². The number of fused-ring (bicyclic) bond motifs is 1. The normalized spacial score (nSPS) is 18.7. The van der Waals surface area contributed by atoms with Crippen molar-refractivity contribution in [2.45, 2.75) is 70.4 Å². The summed E-state index contributed by atoms with van der Waals surface area (Å²) in [6.07, 6.45) is 5.15. The van der Waals surface area contributed by atoms with E-state index in [0.717, 1.165) is 50.0 Å². The van der Waals surface area contributed by atoms with Gasteiger partial charge in [-0.05, 0) is 81.1 Å². The van der Waals surface area contributed by atoms with Gasteiger partial charge in [0, 0.05) is 46.2 Å². The van der Waals surface area contributed by atoms with Gasteiger partial charge in [0.05, 0.1) is 13.2 Å². The Hall–Kier alpha value is -2.90. The van der Waals surface area contributed by atoms with Crippen molar-refractivity contribution in [3.8, 4) is 17.2 Å². The second kappa shape index (κ2) is 13.8. The molecule has 2 aromatic rings. The number of carbonyl (C=O) groups is 2. The van der Waals surface area contributed by atoms with E-state index < -0.39 is 6.10 Å². The average Bonchev–Trinajstić information content (AvgIpc) is 3.35. The van der Waals surface area contributed by atoms with Crippen molar-refractivity contribution >= 4 is 11.6 Å². The Morgan fingerprint density at radius 1 is 1.05 bits per heavy atom. The van der Waals surface area contributed by atoms with Gasteiger partial charge in [-0.25, -0.2) is 0 Å². The molecule has 7 heteroatoms. The van der Waals surface area contributed by atoms with Crippen LogP contribution in [0.15, 0.2) is 42.5 Å². The van der Waals surface area contributed by atoms with Crippen molar-refractivity contribution in [3.63, 3.8) is 0 Å². The first kappa shape index (κ1) is 28.1. The van der Waals surface area contributed by atoms with Crippen LogP contribution in [0.4, 0.5) is 0 Å². The summed E-state index contributed by atoms with van der Waals surface area (Å²) in [5, 5.41) is 11.4. The molecule has 2 aliphatic rings. The molecule has 7 nitrogen and oxygen atoms in total. The Morgan fingerprint density at radius 2 is 1.79 bits per heavy atom. The maximum absolute atomic E-state index is 13.0. The summed E-state index contributed by atoms with van der Waals surface area (Å²) in [5.41, 5.74) is 1.45. The van der Waals surface area contributed by atoms with Crippen LogP contribution in [0.3, 0.4) is 0 Å². The summed E-state index contributed by atoms with van der Waals surface area (Å²) >= 11 is 0. The monoisotopic (exact) mass is 527 g/mol. The number of hydrogen-bond acceptors (Lipinski definition) is 7. The SMILES string of the molecule is COc1ccc(C(=O)CCCCCC(=O)C[C@H](CN2CCC[C@H]2C)[C@@H](O)c2ccc3c(c2)OCCO3)cc1.[HH].[HH]. The molecule has 1 N–H and O–H groups in total. The molecule has 2 aromatic carbocycles. The predicted octanol–water partition coefficient (Wildman–Crippen LogP) is 5.88. The number of likely N-dealkylation sites (tertiary alicyclic amines) is 1. The number of ether oxygens (including phenoxy) is 3. The highest BCUT2D eigenvalue weighted by molar-refractivity contribution is 5.96. The van der Waals surface area contributed by atoms with E-state index in [9.17, 15) is 14.7 Å². The molecule has 2 heterocycles. The van der Waals surface area contributed by atoms with Crippen LogP contribution < -0.4 is 14.2 Å². The quantitative estimate of drug-likeness (QED) is 0.242. The number of unbranched alkanes of at least 4 members (excludes halogenated alkanes) is 2. The summed E-state index contributed by atoms with van der Waals surface area (Å²) in [4.78, 5) is 27.8. The smallest absolute Gasteiger partial charge is 0.162 e. The van der Waals surface area contributed by atoms with Crippen LogP contribution in [0.1, 0.15) is 83.2 Å². The molecule has 0 radical (unpaired) electrons. The van der Waals surface area contributed by atoms with Gasteiger partial charge in [-0.3, -0.25) is 9.59 Å². The van der Waals surface area contributed by atoms with Crippen LogP contribution >= 0.6 is 0 Å². The van der Waals surface area contributed by atoms with Crippen molar-refractivity contribution in [1.82, 2.24) is 4.90 Å². The van der Waals surface area contributed by atoms with Crippen LogP contribution in [0, 0.1) is 5.92 Å². The number of methoxy groups -OCH3 is 1. The molecule has 0 saturated carbocycles. The minimum Gasteiger partial charge on any atom is -0.497 e. The number of aliphatic hydroxyl groups excluding tert-OH is 1. The second-order valence-corrected chi connectivity index (χ2v) is 10.5. The lowest BCUT2D eigenvalue weighted by atomic mass is 9.89. The first-order chi connectivity index (χ1) is 18.4. The minimum atomic E-state index is -0.760. The summed E-state index contributed by atoms with van der Waals surface area (Å²) in [5.74, 6) is 2.16. The molecule has 0 aromatic heterocycles. The third-order valence-electron chi connectivity index (χ3n) is 7.78. The Kier molecular flexibility index (Phi) is 10.2. The van der Waals surface area contributed by atoms with Gasteiger partial charge < -0.3 is 24.2 Å². The second-order valence-electron chi connectivity index (χ2n) is 10.5. The molecule has 1 saturated heterocycles. The van der Waals surface area contributed by atoms with E-state index in [2.05, 4.69) is 11.8 Å². The van der Waals surface area contributed by atoms with Gasteiger partial charge in [-0.2, -0.15) is 0 Å². The maximum atomic E-state index is 13.0. The third-order valence-corrected chi connectivity index (χ3v) is 7.78. The maximum Gasteiger partial charge on any atom is 0.162 e. The van der Waals surface area contributed by atoms with Gasteiger partial charge in [0.2, 0.25) is 0 Å². The highest BCUT2D eigenvalue weighted by atomic mass is 16.6. The van der Waals surface area contributed by atoms with Crippen LogP contribution in [0.25, 0.3) is 0 Å². The van der Waals surface area contributed by atoms with Gasteiger partial charge >= 0.3 is 0 Å². The number of Topliss-reactive ketones (excluding diaryl/α,β-unsaturated/α-hetero) is 2. The number of hydrogen-bond donors (Lipinski definition) is 1.